The number of carbonyl (C=O) groups is 1. The van der Waals surface area contributed by atoms with Crippen molar-refractivity contribution < 1.29 is 22.7 Å². The fourth-order valence-corrected chi connectivity index (χ4v) is 2.25. The summed E-state index contributed by atoms with van der Waals surface area (Å²) in [6.45, 7) is 8.30. The molecular weight excluding hydrogens is 285 g/mol. The minimum atomic E-state index is -4.64. The van der Waals surface area contributed by atoms with Gasteiger partial charge in [-0.3, -0.25) is 4.79 Å². The molecule has 21 heavy (non-hydrogen) atoms. The Bertz CT molecular complexity index is 754. The van der Waals surface area contributed by atoms with Gasteiger partial charge in [0.05, 0.1) is 19.2 Å². The number of hydrogen-bond donors (Lipinski definition) is 0. The molecule has 0 amide bonds. The van der Waals surface area contributed by atoms with Crippen LogP contribution >= 0.6 is 0 Å². The summed E-state index contributed by atoms with van der Waals surface area (Å²) < 4.78 is 45.5. The van der Waals surface area contributed by atoms with Gasteiger partial charge in [-0.05, 0) is 19.1 Å². The highest BCUT2D eigenvalue weighted by Gasteiger charge is 2.36. The van der Waals surface area contributed by atoms with Gasteiger partial charge in [-0.1, -0.05) is 6.07 Å². The average molecular weight is 296 g/mol. The predicted molar refractivity (Wildman–Crippen MR) is 70.0 cm³/mol. The lowest BCUT2D eigenvalue weighted by Gasteiger charge is -2.11. The Labute approximate surface area is 118 Å². The quantitative estimate of drug-likeness (QED) is 0.626. The Kier molecular flexibility index (Phi) is 3.64. The van der Waals surface area contributed by atoms with Gasteiger partial charge in [0.1, 0.15) is 6.54 Å². The second-order valence-corrected chi connectivity index (χ2v) is 4.45. The van der Waals surface area contributed by atoms with Crippen molar-refractivity contribution in [3.05, 3.63) is 40.9 Å². The first kappa shape index (κ1) is 14.9. The molecule has 0 fully saturated rings. The predicted octanol–water partition coefficient (Wildman–Crippen LogP) is 3.69. The maximum atomic E-state index is 13.2. The Morgan fingerprint density at radius 3 is 2.62 bits per heavy atom. The summed E-state index contributed by atoms with van der Waals surface area (Å²) in [5, 5.41) is -0.0857. The first-order valence-electron chi connectivity index (χ1n) is 5.94. The lowest BCUT2D eigenvalue weighted by atomic mass is 10.1. The Balaban J connectivity index is 2.76. The van der Waals surface area contributed by atoms with Crippen LogP contribution in [0, 0.1) is 13.5 Å². The van der Waals surface area contributed by atoms with Crippen LogP contribution in [0.2, 0.25) is 0 Å². The number of benzene rings is 1. The summed E-state index contributed by atoms with van der Waals surface area (Å²) in [5.41, 5.74) is -0.687. The number of halogens is 3. The fraction of sp³-hybridized carbons (Fsp3) is 0.286. The molecule has 1 aromatic carbocycles. The van der Waals surface area contributed by atoms with Crippen LogP contribution in [-0.4, -0.2) is 17.6 Å². The van der Waals surface area contributed by atoms with Gasteiger partial charge in [-0.2, -0.15) is 13.2 Å². The molecule has 110 valence electrons. The summed E-state index contributed by atoms with van der Waals surface area (Å²) in [6, 6.07) is 3.86. The van der Waals surface area contributed by atoms with Gasteiger partial charge >= 0.3 is 12.1 Å². The molecule has 2 rings (SSSR count). The van der Waals surface area contributed by atoms with E-state index in [0.717, 1.165) is 6.07 Å². The van der Waals surface area contributed by atoms with Crippen LogP contribution in [0.1, 0.15) is 11.3 Å². The standard InChI is InChI=1S/C14H11F3N2O2/c1-8-6-9-11(19(8)7-12(20)21-3)5-4-10(18-2)13(9)14(15,16)17/h4-6H,7H2,1,3H3. The number of ether oxygens (including phenoxy) is 1. The van der Waals surface area contributed by atoms with Crippen LogP contribution in [0.5, 0.6) is 0 Å². The highest BCUT2D eigenvalue weighted by atomic mass is 19.4. The van der Waals surface area contributed by atoms with Crippen molar-refractivity contribution in [2.45, 2.75) is 19.6 Å². The van der Waals surface area contributed by atoms with Gasteiger partial charge in [0.15, 0.2) is 5.69 Å². The molecule has 0 saturated heterocycles. The summed E-state index contributed by atoms with van der Waals surface area (Å²) in [7, 11) is 1.21. The van der Waals surface area contributed by atoms with Crippen LogP contribution in [0.25, 0.3) is 15.7 Å². The highest BCUT2D eigenvalue weighted by Crippen LogP contribution is 2.42. The number of hydrogen-bond acceptors (Lipinski definition) is 2. The van der Waals surface area contributed by atoms with E-state index >= 15 is 0 Å². The third-order valence-electron chi connectivity index (χ3n) is 3.19. The fourth-order valence-electron chi connectivity index (χ4n) is 2.25. The normalized spacial score (nSPS) is 11.4. The molecule has 0 unspecified atom stereocenters. The second kappa shape index (κ2) is 5.13. The smallest absolute Gasteiger partial charge is 0.408 e. The van der Waals surface area contributed by atoms with E-state index in [0.29, 0.717) is 5.69 Å². The van der Waals surface area contributed by atoms with Gasteiger partial charge in [0, 0.05) is 16.6 Å². The van der Waals surface area contributed by atoms with Gasteiger partial charge in [0.2, 0.25) is 0 Å². The van der Waals surface area contributed by atoms with E-state index in [1.807, 2.05) is 0 Å². The third-order valence-corrected chi connectivity index (χ3v) is 3.19. The summed E-state index contributed by atoms with van der Waals surface area (Å²) in [4.78, 5) is 14.3. The van der Waals surface area contributed by atoms with E-state index in [-0.39, 0.29) is 17.4 Å². The van der Waals surface area contributed by atoms with Crippen molar-refractivity contribution in [2.24, 2.45) is 0 Å². The van der Waals surface area contributed by atoms with Gasteiger partial charge in [-0.15, -0.1) is 0 Å². The topological polar surface area (TPSA) is 35.6 Å². The zero-order valence-electron chi connectivity index (χ0n) is 11.3. The molecule has 4 nitrogen and oxygen atoms in total. The number of fused-ring (bicyclic) bond motifs is 1. The van der Waals surface area contributed by atoms with E-state index in [1.165, 1.54) is 23.8 Å². The van der Waals surface area contributed by atoms with E-state index in [4.69, 9.17) is 6.57 Å². The molecule has 1 aromatic heterocycles. The molecule has 0 bridgehead atoms. The van der Waals surface area contributed by atoms with Crippen LogP contribution in [0.15, 0.2) is 18.2 Å². The van der Waals surface area contributed by atoms with E-state index < -0.39 is 23.4 Å². The number of aryl methyl sites for hydroxylation is 1. The van der Waals surface area contributed by atoms with Crippen molar-refractivity contribution in [3.63, 3.8) is 0 Å². The highest BCUT2D eigenvalue weighted by molar-refractivity contribution is 5.91. The van der Waals surface area contributed by atoms with E-state index in [2.05, 4.69) is 9.58 Å². The third kappa shape index (κ3) is 2.57. The number of methoxy groups -OCH3 is 1. The SMILES string of the molecule is [C-]#[N+]c1ccc2c(cc(C)n2CC(=O)OC)c1C(F)(F)F. The minimum Gasteiger partial charge on any atom is -0.468 e. The van der Waals surface area contributed by atoms with Gasteiger partial charge < -0.3 is 9.30 Å². The largest absolute Gasteiger partial charge is 0.468 e. The lowest BCUT2D eigenvalue weighted by molar-refractivity contribution is -0.141. The number of nitrogens with zero attached hydrogens (tertiary/aromatic N) is 2. The molecule has 0 N–H and O–H groups in total. The van der Waals surface area contributed by atoms with Crippen LogP contribution in [0.3, 0.4) is 0 Å². The molecular formula is C14H11F3N2O2. The molecule has 0 aliphatic carbocycles. The molecule has 0 radical (unpaired) electrons. The molecule has 2 aromatic rings. The average Bonchev–Trinajstić information content (AvgIpc) is 2.72. The van der Waals surface area contributed by atoms with Crippen LogP contribution in [-0.2, 0) is 22.3 Å². The number of carbonyl (C=O) groups excluding carboxylic acids is 1. The summed E-state index contributed by atoms with van der Waals surface area (Å²) in [5.74, 6) is -0.557. The Morgan fingerprint density at radius 2 is 2.10 bits per heavy atom. The maximum absolute atomic E-state index is 13.2. The number of aromatic nitrogens is 1. The molecule has 0 spiro atoms. The van der Waals surface area contributed by atoms with Gasteiger partial charge in [0.25, 0.3) is 0 Å². The molecule has 7 heteroatoms. The number of rotatable bonds is 2. The lowest BCUT2D eigenvalue weighted by Crippen LogP contribution is -2.12. The van der Waals surface area contributed by atoms with Crippen LogP contribution < -0.4 is 0 Å². The molecule has 0 aliphatic heterocycles. The number of alkyl halides is 3. The Morgan fingerprint density at radius 1 is 1.43 bits per heavy atom. The van der Waals surface area contributed by atoms with E-state index in [9.17, 15) is 18.0 Å². The number of esters is 1. The molecule has 0 atom stereocenters. The monoisotopic (exact) mass is 296 g/mol. The van der Waals surface area contributed by atoms with E-state index in [1.54, 1.807) is 6.92 Å². The zero-order chi connectivity index (χ0) is 15.8. The molecule has 0 aliphatic rings. The van der Waals surface area contributed by atoms with Gasteiger partial charge in [-0.25, -0.2) is 4.85 Å². The molecule has 0 saturated carbocycles. The summed E-state index contributed by atoms with van der Waals surface area (Å²) in [6.07, 6.45) is -4.64. The minimum absolute atomic E-state index is 0.0857. The van der Waals surface area contributed by atoms with Crippen molar-refractivity contribution in [2.75, 3.05) is 7.11 Å². The van der Waals surface area contributed by atoms with Crippen LogP contribution in [0.4, 0.5) is 18.9 Å². The maximum Gasteiger partial charge on any atom is 0.408 e. The Hall–Kier alpha value is -2.49. The van der Waals surface area contributed by atoms with Crippen molar-refractivity contribution in [3.8, 4) is 0 Å². The first-order chi connectivity index (χ1) is 9.79. The summed E-state index contributed by atoms with van der Waals surface area (Å²) >= 11 is 0. The van der Waals surface area contributed by atoms with Crippen molar-refractivity contribution >= 4 is 22.6 Å². The zero-order valence-corrected chi connectivity index (χ0v) is 11.3. The van der Waals surface area contributed by atoms with Crippen molar-refractivity contribution in [1.82, 2.24) is 4.57 Å². The first-order valence-corrected chi connectivity index (χ1v) is 5.94. The van der Waals surface area contributed by atoms with Crippen molar-refractivity contribution in [1.29, 1.82) is 0 Å². The molecule has 1 heterocycles. The second-order valence-electron chi connectivity index (χ2n) is 4.45.